The number of aromatic nitrogens is 4. The molecule has 1 aliphatic heterocycles. The smallest absolute Gasteiger partial charge is 0.242 e. The topological polar surface area (TPSA) is 91.5 Å². The van der Waals surface area contributed by atoms with Crippen molar-refractivity contribution in [3.63, 3.8) is 0 Å². The molecule has 0 unspecified atom stereocenters. The molecule has 0 radical (unpaired) electrons. The summed E-state index contributed by atoms with van der Waals surface area (Å²) in [6.45, 7) is 12.2. The molecule has 0 aliphatic carbocycles. The summed E-state index contributed by atoms with van der Waals surface area (Å²) in [5.74, 6) is -0.142. The molecule has 1 fully saturated rings. The van der Waals surface area contributed by atoms with Crippen molar-refractivity contribution in [2.45, 2.75) is 70.4 Å². The highest BCUT2D eigenvalue weighted by Crippen LogP contribution is 2.42. The molecule has 1 aliphatic rings. The summed E-state index contributed by atoms with van der Waals surface area (Å²) in [6, 6.07) is 10.1. The maximum Gasteiger partial charge on any atom is 0.242 e. The molecule has 9 heteroatoms. The normalized spacial score (nSPS) is 22.0. The van der Waals surface area contributed by atoms with E-state index in [4.69, 9.17) is 13.9 Å². The fourth-order valence-electron chi connectivity index (χ4n) is 3.64. The van der Waals surface area contributed by atoms with Crippen LogP contribution in [0.3, 0.4) is 0 Å². The van der Waals surface area contributed by atoms with Gasteiger partial charge in [-0.3, -0.25) is 4.57 Å². The number of aromatic hydroxyl groups is 1. The number of fused-ring (bicyclic) bond motifs is 1. The van der Waals surface area contributed by atoms with E-state index in [1.165, 1.54) is 6.33 Å². The second-order valence-corrected chi connectivity index (χ2v) is 14.6. The lowest BCUT2D eigenvalue weighted by Gasteiger charge is -2.39. The van der Waals surface area contributed by atoms with Gasteiger partial charge in [0.25, 0.3) is 0 Å². The van der Waals surface area contributed by atoms with Crippen LogP contribution < -0.4 is 0 Å². The van der Waals surface area contributed by atoms with Crippen LogP contribution in [0.2, 0.25) is 18.1 Å². The molecule has 3 aromatic rings. The summed E-state index contributed by atoms with van der Waals surface area (Å²) in [5.41, 5.74) is 2.01. The van der Waals surface area contributed by atoms with E-state index in [-0.39, 0.29) is 23.1 Å². The highest BCUT2D eigenvalue weighted by molar-refractivity contribution is 6.74. The van der Waals surface area contributed by atoms with Gasteiger partial charge in [-0.1, -0.05) is 51.1 Å². The maximum absolute atomic E-state index is 10.1. The minimum absolute atomic E-state index is 0.0664. The third kappa shape index (κ3) is 4.70. The molecule has 3 atom stereocenters. The first-order chi connectivity index (χ1) is 15.2. The van der Waals surface area contributed by atoms with Gasteiger partial charge in [-0.25, -0.2) is 9.97 Å². The molecular formula is C23H32N4O4Si. The molecule has 0 saturated carbocycles. The lowest BCUT2D eigenvalue weighted by Crippen LogP contribution is -2.45. The summed E-state index contributed by atoms with van der Waals surface area (Å²) in [6.07, 6.45) is 2.98. The van der Waals surface area contributed by atoms with Gasteiger partial charge in [0, 0.05) is 6.42 Å². The molecule has 0 bridgehead atoms. The average Bonchev–Trinajstić information content (AvgIpc) is 3.32. The standard InChI is InChI=1S/C23H32N4O4Si/c1-23(2,3)32(4,5)31-18-11-17(13-29-12-16-9-7-6-8-10-16)30-22(18)27-15-26-19-20(27)24-14-25-21(19)28/h6-10,14-15,17-18,22H,11-13H2,1-5H3,(H,24,25,28)/t17-,18+,22+/m0/s1. The van der Waals surface area contributed by atoms with Gasteiger partial charge in [0.1, 0.15) is 6.33 Å². The van der Waals surface area contributed by atoms with Crippen molar-refractivity contribution < 1.29 is 19.0 Å². The molecule has 32 heavy (non-hydrogen) atoms. The van der Waals surface area contributed by atoms with E-state index in [1.54, 1.807) is 6.33 Å². The van der Waals surface area contributed by atoms with Crippen molar-refractivity contribution in [3.8, 4) is 5.88 Å². The van der Waals surface area contributed by atoms with Crippen molar-refractivity contribution in [1.82, 2.24) is 19.5 Å². The molecule has 172 valence electrons. The Hall–Kier alpha value is -2.33. The zero-order chi connectivity index (χ0) is 22.9. The third-order valence-electron chi connectivity index (χ3n) is 6.43. The lowest BCUT2D eigenvalue weighted by molar-refractivity contribution is -0.0604. The molecule has 3 heterocycles. The lowest BCUT2D eigenvalue weighted by atomic mass is 10.2. The molecule has 2 aromatic heterocycles. The largest absolute Gasteiger partial charge is 0.492 e. The Morgan fingerprint density at radius 3 is 2.62 bits per heavy atom. The van der Waals surface area contributed by atoms with Crippen molar-refractivity contribution in [2.24, 2.45) is 0 Å². The summed E-state index contributed by atoms with van der Waals surface area (Å²) >= 11 is 0. The zero-order valence-electron chi connectivity index (χ0n) is 19.4. The van der Waals surface area contributed by atoms with E-state index in [1.807, 2.05) is 34.9 Å². The van der Waals surface area contributed by atoms with Crippen LogP contribution in [0.5, 0.6) is 5.88 Å². The van der Waals surface area contributed by atoms with Crippen molar-refractivity contribution in [1.29, 1.82) is 0 Å². The van der Waals surface area contributed by atoms with Gasteiger partial charge >= 0.3 is 0 Å². The van der Waals surface area contributed by atoms with Crippen molar-refractivity contribution in [2.75, 3.05) is 6.61 Å². The van der Waals surface area contributed by atoms with Crippen molar-refractivity contribution in [3.05, 3.63) is 48.5 Å². The van der Waals surface area contributed by atoms with E-state index < -0.39 is 14.5 Å². The monoisotopic (exact) mass is 456 g/mol. The number of hydrogen-bond donors (Lipinski definition) is 1. The van der Waals surface area contributed by atoms with Crippen LogP contribution in [-0.2, 0) is 20.5 Å². The van der Waals surface area contributed by atoms with Crippen LogP contribution in [0.15, 0.2) is 43.0 Å². The highest BCUT2D eigenvalue weighted by atomic mass is 28.4. The van der Waals surface area contributed by atoms with Crippen LogP contribution in [0, 0.1) is 0 Å². The van der Waals surface area contributed by atoms with Gasteiger partial charge in [0.05, 0.1) is 31.7 Å². The molecule has 4 rings (SSSR count). The molecule has 1 saturated heterocycles. The van der Waals surface area contributed by atoms with Crippen LogP contribution in [0.4, 0.5) is 0 Å². The van der Waals surface area contributed by atoms with Gasteiger partial charge in [0.15, 0.2) is 25.7 Å². The number of imidazole rings is 1. The third-order valence-corrected chi connectivity index (χ3v) is 10.9. The number of nitrogens with zero attached hydrogens (tertiary/aromatic N) is 4. The number of ether oxygens (including phenoxy) is 2. The Labute approximate surface area is 189 Å². The molecule has 1 N–H and O–H groups in total. The number of rotatable bonds is 7. The Bertz CT molecular complexity index is 1050. The Balaban J connectivity index is 1.54. The predicted octanol–water partition coefficient (Wildman–Crippen LogP) is 4.43. The zero-order valence-corrected chi connectivity index (χ0v) is 20.4. The van der Waals surface area contributed by atoms with Gasteiger partial charge in [-0.2, -0.15) is 4.98 Å². The first-order valence-corrected chi connectivity index (χ1v) is 13.9. The first-order valence-electron chi connectivity index (χ1n) is 11.0. The summed E-state index contributed by atoms with van der Waals surface area (Å²) in [4.78, 5) is 12.5. The van der Waals surface area contributed by atoms with E-state index in [0.717, 1.165) is 5.56 Å². The van der Waals surface area contributed by atoms with E-state index in [0.29, 0.717) is 30.8 Å². The molecule has 1 aromatic carbocycles. The molecule has 8 nitrogen and oxygen atoms in total. The molecular weight excluding hydrogens is 424 g/mol. The van der Waals surface area contributed by atoms with Crippen LogP contribution in [0.25, 0.3) is 11.2 Å². The number of hydrogen-bond acceptors (Lipinski definition) is 7. The fraction of sp³-hybridized carbons (Fsp3) is 0.522. The Morgan fingerprint density at radius 2 is 1.91 bits per heavy atom. The predicted molar refractivity (Wildman–Crippen MR) is 124 cm³/mol. The van der Waals surface area contributed by atoms with Crippen LogP contribution in [-0.4, -0.2) is 51.8 Å². The van der Waals surface area contributed by atoms with Crippen LogP contribution in [0.1, 0.15) is 39.0 Å². The molecule has 0 spiro atoms. The summed E-state index contributed by atoms with van der Waals surface area (Å²) in [7, 11) is -2.05. The quantitative estimate of drug-likeness (QED) is 0.526. The minimum atomic E-state index is -2.05. The first kappa shape index (κ1) is 22.8. The Morgan fingerprint density at radius 1 is 1.16 bits per heavy atom. The summed E-state index contributed by atoms with van der Waals surface area (Å²) in [5, 5.41) is 10.1. The van der Waals surface area contributed by atoms with Gasteiger partial charge in [0.2, 0.25) is 5.88 Å². The van der Waals surface area contributed by atoms with Crippen molar-refractivity contribution >= 4 is 19.5 Å². The average molecular weight is 457 g/mol. The van der Waals surface area contributed by atoms with E-state index in [9.17, 15) is 5.11 Å². The molecule has 0 amide bonds. The number of benzene rings is 1. The highest BCUT2D eigenvalue weighted by Gasteiger charge is 2.45. The van der Waals surface area contributed by atoms with E-state index >= 15 is 0 Å². The SMILES string of the molecule is CC(C)(C)[Si](C)(C)O[C@@H]1C[C@@H](COCc2ccccc2)O[C@H]1n1cnc2c(O)ncnc21. The van der Waals surface area contributed by atoms with Gasteiger partial charge in [-0.15, -0.1) is 0 Å². The fourth-order valence-corrected chi connectivity index (χ4v) is 4.96. The Kier molecular flexibility index (Phi) is 6.35. The van der Waals surface area contributed by atoms with Gasteiger partial charge in [-0.05, 0) is 23.7 Å². The van der Waals surface area contributed by atoms with Gasteiger partial charge < -0.3 is 19.0 Å². The maximum atomic E-state index is 10.1. The minimum Gasteiger partial charge on any atom is -0.492 e. The second-order valence-electron chi connectivity index (χ2n) is 9.82. The van der Waals surface area contributed by atoms with Crippen LogP contribution >= 0.6 is 0 Å². The summed E-state index contributed by atoms with van der Waals surface area (Å²) < 4.78 is 21.0. The second kappa shape index (κ2) is 8.90. The van der Waals surface area contributed by atoms with E-state index in [2.05, 4.69) is 48.8 Å².